The van der Waals surface area contributed by atoms with Gasteiger partial charge in [-0.05, 0) is 18.2 Å². The molecule has 1 heterocycles. The molecule has 0 atom stereocenters. The molecule has 0 bridgehead atoms. The number of aromatic nitrogens is 2. The summed E-state index contributed by atoms with van der Waals surface area (Å²) in [5, 5.41) is 3.81. The van der Waals surface area contributed by atoms with Gasteiger partial charge in [-0.2, -0.15) is 0 Å². The lowest BCUT2D eigenvalue weighted by Gasteiger charge is -2.08. The van der Waals surface area contributed by atoms with Crippen LogP contribution in [-0.4, -0.2) is 15.0 Å². The van der Waals surface area contributed by atoms with Crippen molar-refractivity contribution in [2.75, 3.05) is 5.32 Å². The minimum Gasteiger partial charge on any atom is -0.388 e. The number of hydrogen-bond acceptors (Lipinski definition) is 4. The highest BCUT2D eigenvalue weighted by molar-refractivity contribution is 7.80. The molecule has 18 heavy (non-hydrogen) atoms. The minimum atomic E-state index is 0.206. The van der Waals surface area contributed by atoms with Crippen LogP contribution in [0.1, 0.15) is 5.69 Å². The van der Waals surface area contributed by atoms with E-state index in [1.54, 1.807) is 30.5 Å². The van der Waals surface area contributed by atoms with E-state index in [1.807, 2.05) is 0 Å². The molecule has 7 heteroatoms. The zero-order valence-electron chi connectivity index (χ0n) is 9.02. The third kappa shape index (κ3) is 2.87. The van der Waals surface area contributed by atoms with Gasteiger partial charge in [0.2, 0.25) is 5.95 Å². The van der Waals surface area contributed by atoms with Crippen molar-refractivity contribution in [3.8, 4) is 0 Å². The number of halogens is 2. The largest absolute Gasteiger partial charge is 0.388 e. The summed E-state index contributed by atoms with van der Waals surface area (Å²) in [5.74, 6) is 0.351. The summed E-state index contributed by atoms with van der Waals surface area (Å²) in [5.41, 5.74) is 6.60. The third-order valence-electron chi connectivity index (χ3n) is 2.11. The van der Waals surface area contributed by atoms with E-state index >= 15 is 0 Å². The summed E-state index contributed by atoms with van der Waals surface area (Å²) < 4.78 is 0. The Morgan fingerprint density at radius 3 is 2.78 bits per heavy atom. The van der Waals surface area contributed by atoms with Crippen LogP contribution >= 0.6 is 35.4 Å². The molecule has 0 fully saturated rings. The molecule has 2 rings (SSSR count). The summed E-state index contributed by atoms with van der Waals surface area (Å²) in [6.45, 7) is 0. The monoisotopic (exact) mass is 298 g/mol. The standard InChI is InChI=1S/C11H8Cl2N4S/c12-6-2-1-3-7(9(6)13)16-11-15-5-4-8(17-11)10(14)18/h1-5H,(H2,14,18)(H,15,16,17). The fourth-order valence-corrected chi connectivity index (χ4v) is 1.74. The van der Waals surface area contributed by atoms with Gasteiger partial charge < -0.3 is 11.1 Å². The Labute approximate surface area is 119 Å². The van der Waals surface area contributed by atoms with Crippen LogP contribution in [0.4, 0.5) is 11.6 Å². The van der Waals surface area contributed by atoms with Crippen LogP contribution in [0.5, 0.6) is 0 Å². The van der Waals surface area contributed by atoms with Crippen molar-refractivity contribution < 1.29 is 0 Å². The highest BCUT2D eigenvalue weighted by Gasteiger charge is 2.07. The van der Waals surface area contributed by atoms with E-state index in [0.717, 1.165) is 0 Å². The molecular weight excluding hydrogens is 291 g/mol. The van der Waals surface area contributed by atoms with Crippen LogP contribution in [0.25, 0.3) is 0 Å². The Hall–Kier alpha value is -1.43. The smallest absolute Gasteiger partial charge is 0.227 e. The second kappa shape index (κ2) is 5.48. The molecule has 0 saturated heterocycles. The Bertz CT molecular complexity index is 603. The Morgan fingerprint density at radius 2 is 2.06 bits per heavy atom. The van der Waals surface area contributed by atoms with Gasteiger partial charge >= 0.3 is 0 Å². The maximum absolute atomic E-state index is 6.04. The maximum atomic E-state index is 6.04. The average Bonchev–Trinajstić information content (AvgIpc) is 2.35. The summed E-state index contributed by atoms with van der Waals surface area (Å²) >= 11 is 16.8. The first-order chi connectivity index (χ1) is 8.58. The third-order valence-corrected chi connectivity index (χ3v) is 3.13. The molecule has 0 spiro atoms. The van der Waals surface area contributed by atoms with Crippen LogP contribution in [-0.2, 0) is 0 Å². The van der Waals surface area contributed by atoms with Crippen molar-refractivity contribution in [3.05, 3.63) is 46.2 Å². The van der Waals surface area contributed by atoms with Crippen molar-refractivity contribution in [2.45, 2.75) is 0 Å². The van der Waals surface area contributed by atoms with Gasteiger partial charge in [0.25, 0.3) is 0 Å². The number of nitrogens with zero attached hydrogens (tertiary/aromatic N) is 2. The molecule has 0 aliphatic rings. The van der Waals surface area contributed by atoms with Crippen molar-refractivity contribution in [2.24, 2.45) is 5.73 Å². The van der Waals surface area contributed by atoms with Crippen LogP contribution in [0, 0.1) is 0 Å². The maximum Gasteiger partial charge on any atom is 0.227 e. The predicted molar refractivity (Wildman–Crippen MR) is 77.7 cm³/mol. The van der Waals surface area contributed by atoms with Gasteiger partial charge in [-0.1, -0.05) is 41.5 Å². The van der Waals surface area contributed by atoms with Crippen LogP contribution in [0.2, 0.25) is 10.0 Å². The van der Waals surface area contributed by atoms with Crippen molar-refractivity contribution in [1.82, 2.24) is 9.97 Å². The van der Waals surface area contributed by atoms with E-state index in [0.29, 0.717) is 27.4 Å². The van der Waals surface area contributed by atoms with Gasteiger partial charge in [-0.25, -0.2) is 9.97 Å². The van der Waals surface area contributed by atoms with Gasteiger partial charge in [-0.15, -0.1) is 0 Å². The molecular formula is C11H8Cl2N4S. The number of anilines is 2. The second-order valence-electron chi connectivity index (χ2n) is 3.36. The first-order valence-electron chi connectivity index (χ1n) is 4.92. The van der Waals surface area contributed by atoms with Crippen LogP contribution in [0.15, 0.2) is 30.5 Å². The number of thiocarbonyl (C=S) groups is 1. The van der Waals surface area contributed by atoms with E-state index < -0.39 is 0 Å². The molecule has 2 aromatic rings. The first-order valence-corrected chi connectivity index (χ1v) is 6.08. The van der Waals surface area contributed by atoms with Crippen molar-refractivity contribution in [3.63, 3.8) is 0 Å². The average molecular weight is 299 g/mol. The fourth-order valence-electron chi connectivity index (χ4n) is 1.28. The van der Waals surface area contributed by atoms with E-state index in [1.165, 1.54) is 0 Å². The lowest BCUT2D eigenvalue weighted by molar-refractivity contribution is 1.15. The van der Waals surface area contributed by atoms with Gasteiger partial charge in [0, 0.05) is 6.20 Å². The van der Waals surface area contributed by atoms with E-state index in [4.69, 9.17) is 41.2 Å². The molecule has 0 saturated carbocycles. The SMILES string of the molecule is NC(=S)c1ccnc(Nc2cccc(Cl)c2Cl)n1. The summed E-state index contributed by atoms with van der Waals surface area (Å²) in [7, 11) is 0. The lowest BCUT2D eigenvalue weighted by Crippen LogP contribution is -2.12. The number of rotatable bonds is 3. The zero-order valence-corrected chi connectivity index (χ0v) is 11.4. The second-order valence-corrected chi connectivity index (χ2v) is 4.58. The molecule has 1 aromatic heterocycles. The minimum absolute atomic E-state index is 0.206. The van der Waals surface area contributed by atoms with E-state index in [9.17, 15) is 0 Å². The van der Waals surface area contributed by atoms with Crippen molar-refractivity contribution >= 4 is 52.0 Å². The molecule has 1 aromatic carbocycles. The molecule has 92 valence electrons. The number of benzene rings is 1. The normalized spacial score (nSPS) is 10.1. The highest BCUT2D eigenvalue weighted by Crippen LogP contribution is 2.30. The Kier molecular flexibility index (Phi) is 3.96. The van der Waals surface area contributed by atoms with Crippen LogP contribution in [0.3, 0.4) is 0 Å². The predicted octanol–water partition coefficient (Wildman–Crippen LogP) is 3.16. The Balaban J connectivity index is 2.31. The molecule has 4 nitrogen and oxygen atoms in total. The van der Waals surface area contributed by atoms with Crippen molar-refractivity contribution in [1.29, 1.82) is 0 Å². The van der Waals surface area contributed by atoms with Crippen LogP contribution < -0.4 is 11.1 Å². The number of nitrogens with two attached hydrogens (primary N) is 1. The fraction of sp³-hybridized carbons (Fsp3) is 0. The topological polar surface area (TPSA) is 63.8 Å². The van der Waals surface area contributed by atoms with Gasteiger partial charge in [0.05, 0.1) is 15.7 Å². The molecule has 0 unspecified atom stereocenters. The number of hydrogen-bond donors (Lipinski definition) is 2. The molecule has 3 N–H and O–H groups in total. The van der Waals surface area contributed by atoms with Gasteiger partial charge in [-0.3, -0.25) is 0 Å². The molecule has 0 aliphatic carbocycles. The zero-order chi connectivity index (χ0) is 13.1. The van der Waals surface area contributed by atoms with Gasteiger partial charge in [0.15, 0.2) is 0 Å². The van der Waals surface area contributed by atoms with E-state index in [2.05, 4.69) is 15.3 Å². The quantitative estimate of drug-likeness (QED) is 0.852. The Morgan fingerprint density at radius 1 is 1.28 bits per heavy atom. The molecule has 0 aliphatic heterocycles. The van der Waals surface area contributed by atoms with Gasteiger partial charge in [0.1, 0.15) is 10.7 Å². The summed E-state index contributed by atoms with van der Waals surface area (Å²) in [6, 6.07) is 6.87. The lowest BCUT2D eigenvalue weighted by atomic mass is 10.3. The molecule has 0 radical (unpaired) electrons. The first kappa shape index (κ1) is 13.0. The number of nitrogens with one attached hydrogen (secondary N) is 1. The summed E-state index contributed by atoms with van der Waals surface area (Å²) in [4.78, 5) is 8.40. The van der Waals surface area contributed by atoms with E-state index in [-0.39, 0.29) is 4.99 Å². The molecule has 0 amide bonds. The summed E-state index contributed by atoms with van der Waals surface area (Å²) in [6.07, 6.45) is 1.56. The highest BCUT2D eigenvalue weighted by atomic mass is 35.5.